The number of hydrogen-bond donors (Lipinski definition) is 1. The number of amides is 3. The van der Waals surface area contributed by atoms with Crippen molar-refractivity contribution in [2.75, 3.05) is 29.5 Å². The van der Waals surface area contributed by atoms with Crippen molar-refractivity contribution in [1.82, 2.24) is 4.90 Å². The number of aryl methyl sites for hydroxylation is 1. The van der Waals surface area contributed by atoms with E-state index in [1.165, 1.54) is 0 Å². The van der Waals surface area contributed by atoms with Crippen molar-refractivity contribution in [1.29, 1.82) is 0 Å². The van der Waals surface area contributed by atoms with E-state index in [1.807, 2.05) is 63.2 Å². The molecule has 1 N–H and O–H groups in total. The summed E-state index contributed by atoms with van der Waals surface area (Å²) in [5, 5.41) is 11.1. The van der Waals surface area contributed by atoms with E-state index in [1.54, 1.807) is 32.9 Å². The molecule has 3 aliphatic heterocycles. The molecule has 3 heterocycles. The molecule has 234 valence electrons. The highest BCUT2D eigenvalue weighted by Gasteiger charge is 2.75. The smallest absolute Gasteiger partial charge is 0.253 e. The Labute approximate surface area is 264 Å². The van der Waals surface area contributed by atoms with Crippen LogP contribution in [0.25, 0.3) is 0 Å². The Morgan fingerprint density at radius 3 is 2.41 bits per heavy atom. The molecule has 2 unspecified atom stereocenters. The zero-order chi connectivity index (χ0) is 31.8. The number of rotatable bonds is 12. The number of para-hydroxylation sites is 2. The molecule has 1 spiro atoms. The first kappa shape index (κ1) is 31.9. The van der Waals surface area contributed by atoms with E-state index in [0.29, 0.717) is 35.7 Å². The van der Waals surface area contributed by atoms with Crippen LogP contribution in [0.2, 0.25) is 5.02 Å². The van der Waals surface area contributed by atoms with E-state index in [2.05, 4.69) is 13.2 Å². The summed E-state index contributed by atoms with van der Waals surface area (Å²) in [5.74, 6) is -2.71. The molecule has 0 aliphatic carbocycles. The molecular weight excluding hydrogens is 578 g/mol. The van der Waals surface area contributed by atoms with Crippen LogP contribution in [0, 0.1) is 24.7 Å². The van der Waals surface area contributed by atoms with Crippen LogP contribution in [0.4, 0.5) is 11.4 Å². The summed E-state index contributed by atoms with van der Waals surface area (Å²) < 4.78 is 6.73. The SMILES string of the molecule is C=CCN(C(=O)[C@@H]1[C@H]2C(=O)N([C@@H](CO)[C@@H](C)CC)C(C(=O)N(CC=C)c3c(C)cccc3Cl)C23CC[C@H]1O3)c1ccccc1. The monoisotopic (exact) mass is 619 g/mol. The zero-order valence-electron chi connectivity index (χ0n) is 25.7. The van der Waals surface area contributed by atoms with Crippen LogP contribution in [-0.4, -0.2) is 71.2 Å². The number of carbonyl (C=O) groups excluding carboxylic acids is 3. The predicted octanol–water partition coefficient (Wildman–Crippen LogP) is 5.17. The van der Waals surface area contributed by atoms with Crippen molar-refractivity contribution in [3.63, 3.8) is 0 Å². The number of ether oxygens (including phenoxy) is 1. The molecule has 2 aromatic rings. The molecule has 5 rings (SSSR count). The lowest BCUT2D eigenvalue weighted by Gasteiger charge is -2.41. The average molecular weight is 620 g/mol. The Balaban J connectivity index is 1.64. The third-order valence-electron chi connectivity index (χ3n) is 9.78. The van der Waals surface area contributed by atoms with Crippen molar-refractivity contribution >= 4 is 40.7 Å². The van der Waals surface area contributed by atoms with E-state index < -0.39 is 35.6 Å². The summed E-state index contributed by atoms with van der Waals surface area (Å²) in [6.45, 7) is 13.7. The van der Waals surface area contributed by atoms with Crippen LogP contribution < -0.4 is 9.80 Å². The van der Waals surface area contributed by atoms with Gasteiger partial charge in [-0.1, -0.05) is 74.4 Å². The Kier molecular flexibility index (Phi) is 9.35. The zero-order valence-corrected chi connectivity index (χ0v) is 26.5. The van der Waals surface area contributed by atoms with Gasteiger partial charge in [-0.25, -0.2) is 0 Å². The van der Waals surface area contributed by atoms with E-state index in [9.17, 15) is 19.5 Å². The first-order valence-corrected chi connectivity index (χ1v) is 15.8. The number of aliphatic hydroxyl groups excluding tert-OH is 1. The second-order valence-corrected chi connectivity index (χ2v) is 12.6. The Morgan fingerprint density at radius 1 is 1.11 bits per heavy atom. The minimum Gasteiger partial charge on any atom is -0.394 e. The van der Waals surface area contributed by atoms with Gasteiger partial charge in [0, 0.05) is 18.8 Å². The Hall–Kier alpha value is -3.46. The number of fused-ring (bicyclic) bond motifs is 1. The summed E-state index contributed by atoms with van der Waals surface area (Å²) in [6.07, 6.45) is 4.43. The summed E-state index contributed by atoms with van der Waals surface area (Å²) in [5.41, 5.74) is 0.802. The molecule has 2 bridgehead atoms. The molecule has 3 fully saturated rings. The Bertz CT molecular complexity index is 1410. The van der Waals surface area contributed by atoms with Gasteiger partial charge in [0.1, 0.15) is 11.6 Å². The van der Waals surface area contributed by atoms with E-state index in [-0.39, 0.29) is 43.3 Å². The second kappa shape index (κ2) is 12.9. The van der Waals surface area contributed by atoms with Gasteiger partial charge in [-0.15, -0.1) is 13.2 Å². The van der Waals surface area contributed by atoms with E-state index >= 15 is 0 Å². The Morgan fingerprint density at radius 2 is 1.80 bits per heavy atom. The first-order valence-electron chi connectivity index (χ1n) is 15.4. The van der Waals surface area contributed by atoms with Gasteiger partial charge in [0.25, 0.3) is 5.91 Å². The van der Waals surface area contributed by atoms with Gasteiger partial charge in [-0.05, 0) is 49.4 Å². The van der Waals surface area contributed by atoms with Gasteiger partial charge in [-0.3, -0.25) is 14.4 Å². The number of likely N-dealkylation sites (tertiary alicyclic amines) is 1. The predicted molar refractivity (Wildman–Crippen MR) is 173 cm³/mol. The first-order chi connectivity index (χ1) is 21.2. The van der Waals surface area contributed by atoms with Crippen LogP contribution in [0.15, 0.2) is 73.8 Å². The lowest BCUT2D eigenvalue weighted by Crippen LogP contribution is -2.60. The van der Waals surface area contributed by atoms with Crippen LogP contribution in [0.3, 0.4) is 0 Å². The van der Waals surface area contributed by atoms with Gasteiger partial charge >= 0.3 is 0 Å². The highest BCUT2D eigenvalue weighted by molar-refractivity contribution is 6.34. The average Bonchev–Trinajstić information content (AvgIpc) is 3.67. The number of hydrogen-bond acceptors (Lipinski definition) is 5. The summed E-state index contributed by atoms with van der Waals surface area (Å²) in [7, 11) is 0. The third kappa shape index (κ3) is 5.07. The molecule has 2 aromatic carbocycles. The van der Waals surface area contributed by atoms with Crippen molar-refractivity contribution in [2.24, 2.45) is 17.8 Å². The maximum Gasteiger partial charge on any atom is 0.253 e. The van der Waals surface area contributed by atoms with E-state index in [0.717, 1.165) is 5.56 Å². The van der Waals surface area contributed by atoms with E-state index in [4.69, 9.17) is 16.3 Å². The molecular formula is C35H42ClN3O5. The van der Waals surface area contributed by atoms with Gasteiger partial charge in [0.15, 0.2) is 0 Å². The maximum atomic E-state index is 14.9. The minimum atomic E-state index is -1.23. The standard InChI is InChI=1S/C35H42ClN3O5/c1-6-19-37(24-14-10-9-11-15-24)32(41)28-27-17-18-35(44-27)29(28)33(42)39(26(21-40)22(4)8-3)31(35)34(43)38(20-7-2)30-23(5)13-12-16-25(30)36/h6-7,9-16,22,26-29,31,40H,1-2,8,17-21H2,3-5H3/t22-,26-,27+,28-,29-,31?,35?/m0/s1. The van der Waals surface area contributed by atoms with Crippen LogP contribution in [-0.2, 0) is 19.1 Å². The highest BCUT2D eigenvalue weighted by Crippen LogP contribution is 2.60. The molecule has 7 atom stereocenters. The number of halogens is 1. The van der Waals surface area contributed by atoms with Gasteiger partial charge in [0.05, 0.1) is 41.3 Å². The molecule has 3 aliphatic rings. The van der Waals surface area contributed by atoms with Gasteiger partial charge < -0.3 is 24.5 Å². The quantitative estimate of drug-likeness (QED) is 0.331. The third-order valence-corrected chi connectivity index (χ3v) is 10.1. The molecule has 0 saturated carbocycles. The molecule has 9 heteroatoms. The molecule has 0 radical (unpaired) electrons. The minimum absolute atomic E-state index is 0.114. The second-order valence-electron chi connectivity index (χ2n) is 12.2. The van der Waals surface area contributed by atoms with Gasteiger partial charge in [-0.2, -0.15) is 0 Å². The lowest BCUT2D eigenvalue weighted by molar-refractivity contribution is -0.145. The van der Waals surface area contributed by atoms with Crippen LogP contribution in [0.1, 0.15) is 38.7 Å². The van der Waals surface area contributed by atoms with Crippen molar-refractivity contribution in [3.05, 3.63) is 84.4 Å². The molecule has 8 nitrogen and oxygen atoms in total. The molecule has 44 heavy (non-hydrogen) atoms. The molecule has 0 aromatic heterocycles. The fourth-order valence-corrected chi connectivity index (χ4v) is 7.92. The fraction of sp³-hybridized carbons (Fsp3) is 0.457. The van der Waals surface area contributed by atoms with Crippen LogP contribution in [0.5, 0.6) is 0 Å². The fourth-order valence-electron chi connectivity index (χ4n) is 7.60. The molecule has 3 saturated heterocycles. The summed E-state index contributed by atoms with van der Waals surface area (Å²) in [6, 6.07) is 13.0. The number of anilines is 2. The van der Waals surface area contributed by atoms with Crippen LogP contribution >= 0.6 is 11.6 Å². The van der Waals surface area contributed by atoms with Crippen molar-refractivity contribution < 1.29 is 24.2 Å². The number of carbonyl (C=O) groups is 3. The summed E-state index contributed by atoms with van der Waals surface area (Å²) in [4.78, 5) is 48.8. The highest BCUT2D eigenvalue weighted by atomic mass is 35.5. The van der Waals surface area contributed by atoms with Crippen molar-refractivity contribution in [2.45, 2.75) is 63.8 Å². The topological polar surface area (TPSA) is 90.4 Å². The normalized spacial score (nSPS) is 26.7. The number of benzene rings is 2. The summed E-state index contributed by atoms with van der Waals surface area (Å²) >= 11 is 6.68. The number of nitrogens with zero attached hydrogens (tertiary/aromatic N) is 3. The maximum absolute atomic E-state index is 14.9. The lowest BCUT2D eigenvalue weighted by atomic mass is 9.70. The largest absolute Gasteiger partial charge is 0.394 e. The van der Waals surface area contributed by atoms with Gasteiger partial charge in [0.2, 0.25) is 11.8 Å². The molecule has 3 amide bonds. The number of aliphatic hydroxyl groups is 1. The van der Waals surface area contributed by atoms with Crippen molar-refractivity contribution in [3.8, 4) is 0 Å².